The Balaban J connectivity index is 2.06. The molecule has 0 spiro atoms. The molecular formula is C21H22BrF3N2O. The van der Waals surface area contributed by atoms with Crippen LogP contribution in [0.1, 0.15) is 49.1 Å². The molecule has 0 radical (unpaired) electrons. The summed E-state index contributed by atoms with van der Waals surface area (Å²) in [7, 11) is 0. The van der Waals surface area contributed by atoms with Gasteiger partial charge in [-0.15, -0.1) is 0 Å². The van der Waals surface area contributed by atoms with Crippen molar-refractivity contribution in [2.75, 3.05) is 6.54 Å². The third kappa shape index (κ3) is 4.35. The summed E-state index contributed by atoms with van der Waals surface area (Å²) in [4.78, 5) is 14.6. The fourth-order valence-electron chi connectivity index (χ4n) is 3.45. The number of amides is 2. The summed E-state index contributed by atoms with van der Waals surface area (Å²) in [5.41, 5.74) is 1.53. The van der Waals surface area contributed by atoms with Gasteiger partial charge >= 0.3 is 12.2 Å². The van der Waals surface area contributed by atoms with Crippen LogP contribution in [0.5, 0.6) is 0 Å². The number of urea groups is 1. The van der Waals surface area contributed by atoms with Gasteiger partial charge in [0, 0.05) is 16.6 Å². The first kappa shape index (κ1) is 20.7. The fraction of sp³-hybridized carbons (Fsp3) is 0.381. The molecule has 0 saturated carbocycles. The van der Waals surface area contributed by atoms with Gasteiger partial charge in [0.05, 0.1) is 11.6 Å². The highest BCUT2D eigenvalue weighted by molar-refractivity contribution is 9.10. The van der Waals surface area contributed by atoms with Crippen molar-refractivity contribution >= 4 is 22.0 Å². The fourth-order valence-corrected chi connectivity index (χ4v) is 4.03. The van der Waals surface area contributed by atoms with Crippen molar-refractivity contribution in [3.63, 3.8) is 0 Å². The Bertz CT molecular complexity index is 873. The molecule has 28 heavy (non-hydrogen) atoms. The molecule has 2 amide bonds. The van der Waals surface area contributed by atoms with E-state index < -0.39 is 23.3 Å². The van der Waals surface area contributed by atoms with Gasteiger partial charge < -0.3 is 10.2 Å². The van der Waals surface area contributed by atoms with Crippen molar-refractivity contribution in [1.82, 2.24) is 10.2 Å². The number of rotatable bonds is 1. The van der Waals surface area contributed by atoms with Crippen molar-refractivity contribution in [3.05, 3.63) is 69.2 Å². The van der Waals surface area contributed by atoms with E-state index in [0.29, 0.717) is 18.5 Å². The summed E-state index contributed by atoms with van der Waals surface area (Å²) in [6, 6.07) is 10.1. The van der Waals surface area contributed by atoms with E-state index >= 15 is 0 Å². The van der Waals surface area contributed by atoms with Crippen LogP contribution in [0, 0.1) is 0 Å². The molecule has 150 valence electrons. The van der Waals surface area contributed by atoms with E-state index in [1.54, 1.807) is 4.90 Å². The van der Waals surface area contributed by atoms with Gasteiger partial charge in [-0.05, 0) is 62.1 Å². The topological polar surface area (TPSA) is 32.3 Å². The number of carbonyl (C=O) groups is 1. The van der Waals surface area contributed by atoms with Gasteiger partial charge in [0.2, 0.25) is 0 Å². The van der Waals surface area contributed by atoms with E-state index in [4.69, 9.17) is 0 Å². The van der Waals surface area contributed by atoms with Gasteiger partial charge in [-0.1, -0.05) is 40.2 Å². The van der Waals surface area contributed by atoms with Gasteiger partial charge in [-0.3, -0.25) is 0 Å². The maximum absolute atomic E-state index is 13.0. The maximum atomic E-state index is 13.0. The molecule has 0 fully saturated rings. The average molecular weight is 455 g/mol. The number of carbonyl (C=O) groups excluding carboxylic acids is 1. The third-order valence-electron chi connectivity index (χ3n) is 4.66. The van der Waals surface area contributed by atoms with Crippen LogP contribution in [0.25, 0.3) is 0 Å². The molecule has 1 atom stereocenters. The second-order valence-electron chi connectivity index (χ2n) is 7.95. The lowest BCUT2D eigenvalue weighted by atomic mass is 9.88. The third-order valence-corrected chi connectivity index (χ3v) is 5.40. The standard InChI is InChI=1S/C21H22BrF3N2O/c1-20(2,3)26-19(28)27-12-11-15-16(5-4-6-17(15)22)18(27)13-7-9-14(10-8-13)21(23,24)25/h4-10,18H,11-12H2,1-3H3,(H,26,28). The lowest BCUT2D eigenvalue weighted by Gasteiger charge is -2.39. The molecule has 7 heteroatoms. The van der Waals surface area contributed by atoms with E-state index in [2.05, 4.69) is 21.2 Å². The largest absolute Gasteiger partial charge is 0.416 e. The monoisotopic (exact) mass is 454 g/mol. The Hall–Kier alpha value is -2.02. The van der Waals surface area contributed by atoms with Crippen LogP contribution in [0.2, 0.25) is 0 Å². The highest BCUT2D eigenvalue weighted by atomic mass is 79.9. The lowest BCUT2D eigenvalue weighted by Crippen LogP contribution is -2.51. The molecule has 1 unspecified atom stereocenters. The molecule has 1 heterocycles. The highest BCUT2D eigenvalue weighted by Crippen LogP contribution is 2.39. The smallest absolute Gasteiger partial charge is 0.333 e. The predicted octanol–water partition coefficient (Wildman–Crippen LogP) is 5.92. The molecule has 0 saturated heterocycles. The van der Waals surface area contributed by atoms with E-state index in [1.807, 2.05) is 39.0 Å². The molecule has 1 aliphatic heterocycles. The number of benzene rings is 2. The van der Waals surface area contributed by atoms with Crippen LogP contribution < -0.4 is 5.32 Å². The molecule has 0 aromatic heterocycles. The van der Waals surface area contributed by atoms with Crippen LogP contribution in [0.4, 0.5) is 18.0 Å². The zero-order chi connectivity index (χ0) is 20.7. The van der Waals surface area contributed by atoms with Crippen molar-refractivity contribution in [2.24, 2.45) is 0 Å². The predicted molar refractivity (Wildman–Crippen MR) is 106 cm³/mol. The summed E-state index contributed by atoms with van der Waals surface area (Å²) < 4.78 is 39.8. The van der Waals surface area contributed by atoms with E-state index in [-0.39, 0.29) is 6.03 Å². The summed E-state index contributed by atoms with van der Waals surface area (Å²) in [5.74, 6) is 0. The number of hydrogen-bond acceptors (Lipinski definition) is 1. The Labute approximate surface area is 171 Å². The number of fused-ring (bicyclic) bond motifs is 1. The van der Waals surface area contributed by atoms with Crippen molar-refractivity contribution in [3.8, 4) is 0 Å². The summed E-state index contributed by atoms with van der Waals surface area (Å²) in [6.45, 7) is 6.16. The van der Waals surface area contributed by atoms with Crippen LogP contribution in [0.15, 0.2) is 46.9 Å². The number of nitrogens with one attached hydrogen (secondary N) is 1. The number of nitrogens with zero attached hydrogens (tertiary/aromatic N) is 1. The molecule has 1 aliphatic rings. The van der Waals surface area contributed by atoms with Gasteiger partial charge in [0.1, 0.15) is 0 Å². The zero-order valence-electron chi connectivity index (χ0n) is 15.9. The Morgan fingerprint density at radius 1 is 1.11 bits per heavy atom. The van der Waals surface area contributed by atoms with Gasteiger partial charge in [-0.2, -0.15) is 13.2 Å². The molecule has 2 aromatic rings. The second-order valence-corrected chi connectivity index (χ2v) is 8.81. The van der Waals surface area contributed by atoms with Gasteiger partial charge in [0.25, 0.3) is 0 Å². The zero-order valence-corrected chi connectivity index (χ0v) is 17.5. The molecule has 3 nitrogen and oxygen atoms in total. The SMILES string of the molecule is CC(C)(C)NC(=O)N1CCc2c(Br)cccc2C1c1ccc(C(F)(F)F)cc1. The molecular weight excluding hydrogens is 433 g/mol. The van der Waals surface area contributed by atoms with E-state index in [0.717, 1.165) is 27.7 Å². The highest BCUT2D eigenvalue weighted by Gasteiger charge is 2.35. The molecule has 2 aromatic carbocycles. The molecule has 0 bridgehead atoms. The first-order valence-electron chi connectivity index (χ1n) is 9.00. The minimum Gasteiger partial charge on any atom is -0.333 e. The molecule has 3 rings (SSSR count). The summed E-state index contributed by atoms with van der Waals surface area (Å²) in [6.07, 6.45) is -3.72. The van der Waals surface area contributed by atoms with E-state index in [9.17, 15) is 18.0 Å². The lowest BCUT2D eigenvalue weighted by molar-refractivity contribution is -0.137. The number of halogens is 4. The van der Waals surface area contributed by atoms with Crippen molar-refractivity contribution in [1.29, 1.82) is 0 Å². The Morgan fingerprint density at radius 2 is 1.75 bits per heavy atom. The number of alkyl halides is 3. The van der Waals surface area contributed by atoms with Crippen LogP contribution in [0.3, 0.4) is 0 Å². The first-order valence-corrected chi connectivity index (χ1v) is 9.80. The summed E-state index contributed by atoms with van der Waals surface area (Å²) in [5, 5.41) is 2.96. The quantitative estimate of drug-likeness (QED) is 0.569. The Morgan fingerprint density at radius 3 is 2.32 bits per heavy atom. The van der Waals surface area contributed by atoms with E-state index in [1.165, 1.54) is 12.1 Å². The van der Waals surface area contributed by atoms with Crippen LogP contribution >= 0.6 is 15.9 Å². The van der Waals surface area contributed by atoms with Crippen molar-refractivity contribution in [2.45, 2.75) is 44.9 Å². The van der Waals surface area contributed by atoms with Gasteiger partial charge in [-0.25, -0.2) is 4.79 Å². The van der Waals surface area contributed by atoms with Crippen molar-refractivity contribution < 1.29 is 18.0 Å². The van der Waals surface area contributed by atoms with Crippen LogP contribution in [-0.2, 0) is 12.6 Å². The molecule has 0 aliphatic carbocycles. The minimum absolute atomic E-state index is 0.233. The Kier molecular flexibility index (Phi) is 5.49. The second kappa shape index (κ2) is 7.43. The summed E-state index contributed by atoms with van der Waals surface area (Å²) >= 11 is 3.56. The average Bonchev–Trinajstić information content (AvgIpc) is 2.59. The maximum Gasteiger partial charge on any atom is 0.416 e. The van der Waals surface area contributed by atoms with Gasteiger partial charge in [0.15, 0.2) is 0 Å². The normalized spacial score (nSPS) is 17.2. The first-order chi connectivity index (χ1) is 13.0. The van der Waals surface area contributed by atoms with Crippen LogP contribution in [-0.4, -0.2) is 23.0 Å². The minimum atomic E-state index is -4.39. The number of hydrogen-bond donors (Lipinski definition) is 1. The molecule has 1 N–H and O–H groups in total.